The Morgan fingerprint density at radius 2 is 2.36 bits per heavy atom. The molecule has 1 atom stereocenters. The second-order valence-electron chi connectivity index (χ2n) is 3.39. The molecule has 1 rings (SSSR count). The van der Waals surface area contributed by atoms with E-state index >= 15 is 0 Å². The largest absolute Gasteiger partial charge is 0.495 e. The van der Waals surface area contributed by atoms with Crippen LogP contribution >= 0.6 is 0 Å². The highest BCUT2D eigenvalue weighted by Crippen LogP contribution is 2.18. The van der Waals surface area contributed by atoms with Gasteiger partial charge in [0.25, 0.3) is 0 Å². The molecule has 0 saturated carbocycles. The van der Waals surface area contributed by atoms with E-state index in [2.05, 4.69) is 13.8 Å². The molecule has 2 heteroatoms. The second kappa shape index (κ2) is 3.77. The van der Waals surface area contributed by atoms with E-state index in [0.717, 1.165) is 25.2 Å². The molecule has 0 aromatic heterocycles. The molecule has 0 aliphatic carbocycles. The summed E-state index contributed by atoms with van der Waals surface area (Å²) >= 11 is 0. The molecule has 0 amide bonds. The van der Waals surface area contributed by atoms with E-state index in [4.69, 9.17) is 4.74 Å². The lowest BCUT2D eigenvalue weighted by atomic mass is 10.0. The van der Waals surface area contributed by atoms with Crippen molar-refractivity contribution in [3.8, 4) is 0 Å². The zero-order chi connectivity index (χ0) is 8.27. The highest BCUT2D eigenvalue weighted by Gasteiger charge is 2.16. The van der Waals surface area contributed by atoms with Crippen LogP contribution < -0.4 is 0 Å². The molecule has 0 fully saturated rings. The molecule has 1 aliphatic rings. The fourth-order valence-electron chi connectivity index (χ4n) is 1.23. The van der Waals surface area contributed by atoms with Gasteiger partial charge in [-0.05, 0) is 18.4 Å². The minimum absolute atomic E-state index is 0.377. The molecule has 1 heterocycles. The van der Waals surface area contributed by atoms with Crippen LogP contribution in [0.5, 0.6) is 0 Å². The van der Waals surface area contributed by atoms with Gasteiger partial charge in [0.15, 0.2) is 0 Å². The quantitative estimate of drug-likeness (QED) is 0.674. The van der Waals surface area contributed by atoms with Gasteiger partial charge in [-0.25, -0.2) is 0 Å². The summed E-state index contributed by atoms with van der Waals surface area (Å²) in [4.78, 5) is 0. The van der Waals surface area contributed by atoms with E-state index in [1.54, 1.807) is 0 Å². The van der Waals surface area contributed by atoms with Crippen molar-refractivity contribution >= 4 is 0 Å². The van der Waals surface area contributed by atoms with Crippen molar-refractivity contribution < 1.29 is 9.84 Å². The SMILES string of the molecule is CC(C)CC(O)C1=CCCO1. The maximum atomic E-state index is 9.53. The summed E-state index contributed by atoms with van der Waals surface area (Å²) in [5.74, 6) is 1.30. The third kappa shape index (κ3) is 2.54. The van der Waals surface area contributed by atoms with E-state index < -0.39 is 0 Å². The third-order valence-electron chi connectivity index (χ3n) is 1.76. The number of hydrogen-bond donors (Lipinski definition) is 1. The van der Waals surface area contributed by atoms with Crippen molar-refractivity contribution in [2.75, 3.05) is 6.61 Å². The Labute approximate surface area is 67.9 Å². The van der Waals surface area contributed by atoms with Crippen molar-refractivity contribution in [3.05, 3.63) is 11.8 Å². The Bertz CT molecular complexity index is 150. The minimum atomic E-state index is -0.377. The molecule has 2 nitrogen and oxygen atoms in total. The molecule has 11 heavy (non-hydrogen) atoms. The number of hydrogen-bond acceptors (Lipinski definition) is 2. The van der Waals surface area contributed by atoms with E-state index in [1.807, 2.05) is 6.08 Å². The van der Waals surface area contributed by atoms with E-state index in [-0.39, 0.29) is 6.10 Å². The summed E-state index contributed by atoms with van der Waals surface area (Å²) in [7, 11) is 0. The van der Waals surface area contributed by atoms with Crippen molar-refractivity contribution in [2.45, 2.75) is 32.8 Å². The van der Waals surface area contributed by atoms with Gasteiger partial charge >= 0.3 is 0 Å². The zero-order valence-corrected chi connectivity index (χ0v) is 7.21. The van der Waals surface area contributed by atoms with Gasteiger partial charge in [-0.1, -0.05) is 13.8 Å². The monoisotopic (exact) mass is 156 g/mol. The van der Waals surface area contributed by atoms with Crippen molar-refractivity contribution in [1.29, 1.82) is 0 Å². The number of aliphatic hydroxyl groups excluding tert-OH is 1. The van der Waals surface area contributed by atoms with Gasteiger partial charge in [-0.2, -0.15) is 0 Å². The summed E-state index contributed by atoms with van der Waals surface area (Å²) in [6, 6.07) is 0. The molecule has 0 aromatic carbocycles. The first kappa shape index (κ1) is 8.60. The van der Waals surface area contributed by atoms with Gasteiger partial charge in [0.1, 0.15) is 11.9 Å². The third-order valence-corrected chi connectivity index (χ3v) is 1.76. The minimum Gasteiger partial charge on any atom is -0.495 e. The lowest BCUT2D eigenvalue weighted by Crippen LogP contribution is -2.13. The molecule has 0 radical (unpaired) electrons. The van der Waals surface area contributed by atoms with Crippen molar-refractivity contribution in [1.82, 2.24) is 0 Å². The Balaban J connectivity index is 2.34. The standard InChI is InChI=1S/C9H16O2/c1-7(2)6-8(10)9-4-3-5-11-9/h4,7-8,10H,3,5-6H2,1-2H3. The van der Waals surface area contributed by atoms with E-state index in [9.17, 15) is 5.11 Å². The molecule has 1 aliphatic heterocycles. The fourth-order valence-corrected chi connectivity index (χ4v) is 1.23. The lowest BCUT2D eigenvalue weighted by molar-refractivity contribution is 0.103. The molecule has 1 N–H and O–H groups in total. The molecular weight excluding hydrogens is 140 g/mol. The Hall–Kier alpha value is -0.500. The molecule has 0 saturated heterocycles. The van der Waals surface area contributed by atoms with Crippen LogP contribution in [0.4, 0.5) is 0 Å². The van der Waals surface area contributed by atoms with Gasteiger partial charge in [-0.15, -0.1) is 0 Å². The topological polar surface area (TPSA) is 29.5 Å². The van der Waals surface area contributed by atoms with Gasteiger partial charge < -0.3 is 9.84 Å². The Kier molecular flexibility index (Phi) is 2.94. The first-order chi connectivity index (χ1) is 5.20. The Morgan fingerprint density at radius 1 is 1.64 bits per heavy atom. The van der Waals surface area contributed by atoms with Crippen LogP contribution in [0.2, 0.25) is 0 Å². The summed E-state index contributed by atoms with van der Waals surface area (Å²) < 4.78 is 5.23. The van der Waals surface area contributed by atoms with E-state index in [1.165, 1.54) is 0 Å². The highest BCUT2D eigenvalue weighted by molar-refractivity contribution is 5.03. The summed E-state index contributed by atoms with van der Waals surface area (Å²) in [5, 5.41) is 9.53. The summed E-state index contributed by atoms with van der Waals surface area (Å²) in [6.45, 7) is 4.93. The zero-order valence-electron chi connectivity index (χ0n) is 7.21. The molecule has 0 aromatic rings. The van der Waals surface area contributed by atoms with Gasteiger partial charge in [-0.3, -0.25) is 0 Å². The summed E-state index contributed by atoms with van der Waals surface area (Å²) in [5.41, 5.74) is 0. The first-order valence-electron chi connectivity index (χ1n) is 4.21. The lowest BCUT2D eigenvalue weighted by Gasteiger charge is -2.13. The first-order valence-corrected chi connectivity index (χ1v) is 4.21. The van der Waals surface area contributed by atoms with Crippen LogP contribution in [0.25, 0.3) is 0 Å². The maximum absolute atomic E-state index is 9.53. The van der Waals surface area contributed by atoms with Crippen LogP contribution in [0.3, 0.4) is 0 Å². The predicted molar refractivity (Wildman–Crippen MR) is 44.1 cm³/mol. The molecule has 1 unspecified atom stereocenters. The van der Waals surface area contributed by atoms with Crippen LogP contribution in [0.1, 0.15) is 26.7 Å². The average molecular weight is 156 g/mol. The average Bonchev–Trinajstić information content (AvgIpc) is 2.35. The fraction of sp³-hybridized carbons (Fsp3) is 0.778. The van der Waals surface area contributed by atoms with Gasteiger partial charge in [0.2, 0.25) is 0 Å². The molecule has 64 valence electrons. The molecule has 0 spiro atoms. The number of rotatable bonds is 3. The number of ether oxygens (including phenoxy) is 1. The predicted octanol–water partition coefficient (Wildman–Crippen LogP) is 1.70. The number of aliphatic hydroxyl groups is 1. The smallest absolute Gasteiger partial charge is 0.121 e. The maximum Gasteiger partial charge on any atom is 0.121 e. The second-order valence-corrected chi connectivity index (χ2v) is 3.39. The molecular formula is C9H16O2. The van der Waals surface area contributed by atoms with Crippen LogP contribution in [-0.2, 0) is 4.74 Å². The normalized spacial score (nSPS) is 19.8. The van der Waals surface area contributed by atoms with Crippen LogP contribution in [0.15, 0.2) is 11.8 Å². The van der Waals surface area contributed by atoms with Crippen molar-refractivity contribution in [2.24, 2.45) is 5.92 Å². The van der Waals surface area contributed by atoms with Crippen LogP contribution in [0, 0.1) is 5.92 Å². The van der Waals surface area contributed by atoms with E-state index in [0.29, 0.717) is 5.92 Å². The Morgan fingerprint density at radius 3 is 2.82 bits per heavy atom. The van der Waals surface area contributed by atoms with Crippen molar-refractivity contribution in [3.63, 3.8) is 0 Å². The highest BCUT2D eigenvalue weighted by atomic mass is 16.5. The van der Waals surface area contributed by atoms with Gasteiger partial charge in [0, 0.05) is 6.42 Å². The molecule has 0 bridgehead atoms. The van der Waals surface area contributed by atoms with Crippen LogP contribution in [-0.4, -0.2) is 17.8 Å². The van der Waals surface area contributed by atoms with Gasteiger partial charge in [0.05, 0.1) is 6.61 Å². The summed E-state index contributed by atoms with van der Waals surface area (Å²) in [6.07, 6.45) is 3.35.